The summed E-state index contributed by atoms with van der Waals surface area (Å²) < 4.78 is 0. The van der Waals surface area contributed by atoms with E-state index in [1.54, 1.807) is 0 Å². The predicted octanol–water partition coefficient (Wildman–Crippen LogP) is 2.67. The number of nitrogens with one attached hydrogen (secondary N) is 1. The van der Waals surface area contributed by atoms with E-state index in [4.69, 9.17) is 5.73 Å². The van der Waals surface area contributed by atoms with Crippen LogP contribution in [0.15, 0.2) is 0 Å². The van der Waals surface area contributed by atoms with Crippen LogP contribution in [0.5, 0.6) is 0 Å². The fraction of sp³-hybridized carbons (Fsp3) is 1.00. The van der Waals surface area contributed by atoms with Crippen LogP contribution in [0.1, 0.15) is 59.3 Å². The van der Waals surface area contributed by atoms with Gasteiger partial charge in [-0.1, -0.05) is 26.2 Å². The van der Waals surface area contributed by atoms with Crippen molar-refractivity contribution in [2.24, 2.45) is 11.7 Å². The first-order valence-electron chi connectivity index (χ1n) is 6.58. The molecule has 0 bridgehead atoms. The van der Waals surface area contributed by atoms with Crippen molar-refractivity contribution in [3.8, 4) is 0 Å². The molecule has 2 unspecified atom stereocenters. The van der Waals surface area contributed by atoms with Crippen LogP contribution < -0.4 is 11.1 Å². The second-order valence-electron chi connectivity index (χ2n) is 5.56. The van der Waals surface area contributed by atoms with Gasteiger partial charge in [0, 0.05) is 18.1 Å². The van der Waals surface area contributed by atoms with E-state index in [1.165, 1.54) is 38.5 Å². The second-order valence-corrected chi connectivity index (χ2v) is 5.56. The molecule has 90 valence electrons. The fourth-order valence-corrected chi connectivity index (χ4v) is 2.08. The van der Waals surface area contributed by atoms with Crippen molar-refractivity contribution in [1.82, 2.24) is 5.32 Å². The number of unbranched alkanes of at least 4 members (excludes halogenated alkanes) is 2. The molecule has 1 aliphatic carbocycles. The summed E-state index contributed by atoms with van der Waals surface area (Å²) in [6, 6.07) is 0.623. The average Bonchev–Trinajstić information content (AvgIpc) is 2.98. The van der Waals surface area contributed by atoms with E-state index in [0.717, 1.165) is 12.5 Å². The predicted molar refractivity (Wildman–Crippen MR) is 66.9 cm³/mol. The van der Waals surface area contributed by atoms with Gasteiger partial charge >= 0.3 is 0 Å². The highest BCUT2D eigenvalue weighted by Gasteiger charge is 2.38. The Bertz CT molecular complexity index is 173. The zero-order valence-corrected chi connectivity index (χ0v) is 10.7. The molecule has 0 aromatic heterocycles. The van der Waals surface area contributed by atoms with E-state index in [2.05, 4.69) is 26.1 Å². The molecule has 1 rings (SSSR count). The van der Waals surface area contributed by atoms with Crippen LogP contribution in [-0.4, -0.2) is 18.1 Å². The van der Waals surface area contributed by atoms with Crippen molar-refractivity contribution < 1.29 is 0 Å². The minimum atomic E-state index is 0.0268. The molecule has 0 spiro atoms. The Labute approximate surface area is 95.0 Å². The molecule has 15 heavy (non-hydrogen) atoms. The monoisotopic (exact) mass is 212 g/mol. The molecule has 1 fully saturated rings. The number of hydrogen-bond donors (Lipinski definition) is 2. The molecule has 0 amide bonds. The molecular weight excluding hydrogens is 184 g/mol. The summed E-state index contributed by atoms with van der Waals surface area (Å²) in [7, 11) is 0. The Balaban J connectivity index is 2.07. The zero-order valence-electron chi connectivity index (χ0n) is 10.7. The zero-order chi connectivity index (χ0) is 11.3. The number of hydrogen-bond acceptors (Lipinski definition) is 2. The quantitative estimate of drug-likeness (QED) is 0.607. The van der Waals surface area contributed by atoms with Crippen LogP contribution in [0.25, 0.3) is 0 Å². The van der Waals surface area contributed by atoms with E-state index in [1.807, 2.05) is 0 Å². The van der Waals surface area contributed by atoms with Crippen molar-refractivity contribution in [3.63, 3.8) is 0 Å². The normalized spacial score (nSPS) is 22.4. The van der Waals surface area contributed by atoms with Gasteiger partial charge < -0.3 is 11.1 Å². The van der Waals surface area contributed by atoms with Crippen molar-refractivity contribution in [2.75, 3.05) is 6.54 Å². The first-order valence-corrected chi connectivity index (χ1v) is 6.58. The van der Waals surface area contributed by atoms with Gasteiger partial charge in [0.05, 0.1) is 0 Å². The number of nitrogens with two attached hydrogens (primary N) is 1. The van der Waals surface area contributed by atoms with E-state index in [0.29, 0.717) is 6.04 Å². The van der Waals surface area contributed by atoms with Crippen molar-refractivity contribution >= 4 is 0 Å². The van der Waals surface area contributed by atoms with Gasteiger partial charge in [-0.25, -0.2) is 0 Å². The van der Waals surface area contributed by atoms with E-state index in [9.17, 15) is 0 Å². The third kappa shape index (κ3) is 4.98. The molecule has 0 heterocycles. The van der Waals surface area contributed by atoms with Gasteiger partial charge in [0.2, 0.25) is 0 Å². The summed E-state index contributed by atoms with van der Waals surface area (Å²) in [5, 5.41) is 3.58. The highest BCUT2D eigenvalue weighted by molar-refractivity contribution is 4.96. The Morgan fingerprint density at radius 2 is 2.07 bits per heavy atom. The first-order chi connectivity index (χ1) is 7.06. The molecule has 1 aliphatic rings. The molecule has 1 saturated carbocycles. The average molecular weight is 212 g/mol. The SMILES string of the molecule is CCCCCC(C)NCC(C)(N)C1CC1. The van der Waals surface area contributed by atoms with Gasteiger partial charge in [-0.3, -0.25) is 0 Å². The highest BCUT2D eigenvalue weighted by Crippen LogP contribution is 2.37. The third-order valence-corrected chi connectivity index (χ3v) is 3.58. The van der Waals surface area contributed by atoms with Crippen LogP contribution in [0, 0.1) is 5.92 Å². The highest BCUT2D eigenvalue weighted by atomic mass is 15.0. The van der Waals surface area contributed by atoms with Gasteiger partial charge in [-0.05, 0) is 39.0 Å². The van der Waals surface area contributed by atoms with Gasteiger partial charge in [-0.15, -0.1) is 0 Å². The molecule has 0 aliphatic heterocycles. The third-order valence-electron chi connectivity index (χ3n) is 3.58. The molecule has 2 heteroatoms. The van der Waals surface area contributed by atoms with Gasteiger partial charge in [-0.2, -0.15) is 0 Å². The number of rotatable bonds is 8. The first kappa shape index (κ1) is 13.0. The lowest BCUT2D eigenvalue weighted by atomic mass is 9.96. The maximum atomic E-state index is 6.26. The van der Waals surface area contributed by atoms with Crippen LogP contribution in [0.4, 0.5) is 0 Å². The Hall–Kier alpha value is -0.0800. The Morgan fingerprint density at radius 1 is 1.40 bits per heavy atom. The summed E-state index contributed by atoms with van der Waals surface area (Å²) in [4.78, 5) is 0. The molecular formula is C13H28N2. The maximum absolute atomic E-state index is 6.26. The van der Waals surface area contributed by atoms with Crippen LogP contribution in [0.3, 0.4) is 0 Å². The van der Waals surface area contributed by atoms with Crippen LogP contribution in [0.2, 0.25) is 0 Å². The smallest absolute Gasteiger partial charge is 0.0280 e. The minimum absolute atomic E-state index is 0.0268. The Kier molecular flexibility index (Phi) is 5.07. The van der Waals surface area contributed by atoms with Crippen molar-refractivity contribution in [3.05, 3.63) is 0 Å². The van der Waals surface area contributed by atoms with Crippen LogP contribution >= 0.6 is 0 Å². The molecule has 0 aromatic carbocycles. The van der Waals surface area contributed by atoms with E-state index < -0.39 is 0 Å². The lowest BCUT2D eigenvalue weighted by Gasteiger charge is -2.27. The molecule has 0 saturated heterocycles. The van der Waals surface area contributed by atoms with Gasteiger partial charge in [0.15, 0.2) is 0 Å². The fourth-order valence-electron chi connectivity index (χ4n) is 2.08. The topological polar surface area (TPSA) is 38.0 Å². The standard InChI is InChI=1S/C13H28N2/c1-4-5-6-7-11(2)15-10-13(3,14)12-8-9-12/h11-12,15H,4-10,14H2,1-3H3. The van der Waals surface area contributed by atoms with Crippen molar-refractivity contribution in [1.29, 1.82) is 0 Å². The lowest BCUT2D eigenvalue weighted by molar-refractivity contribution is 0.351. The lowest BCUT2D eigenvalue weighted by Crippen LogP contribution is -2.50. The Morgan fingerprint density at radius 3 is 2.60 bits per heavy atom. The summed E-state index contributed by atoms with van der Waals surface area (Å²) in [6.45, 7) is 7.70. The minimum Gasteiger partial charge on any atom is -0.324 e. The summed E-state index contributed by atoms with van der Waals surface area (Å²) in [6.07, 6.45) is 7.96. The van der Waals surface area contributed by atoms with Crippen molar-refractivity contribution in [2.45, 2.75) is 70.9 Å². The molecule has 3 N–H and O–H groups in total. The molecule has 0 aromatic rings. The second kappa shape index (κ2) is 5.86. The maximum Gasteiger partial charge on any atom is 0.0280 e. The summed E-state index contributed by atoms with van der Waals surface area (Å²) >= 11 is 0. The largest absolute Gasteiger partial charge is 0.324 e. The molecule has 0 radical (unpaired) electrons. The summed E-state index contributed by atoms with van der Waals surface area (Å²) in [5.74, 6) is 0.771. The van der Waals surface area contributed by atoms with Gasteiger partial charge in [0.1, 0.15) is 0 Å². The summed E-state index contributed by atoms with van der Waals surface area (Å²) in [5.41, 5.74) is 6.29. The van der Waals surface area contributed by atoms with Gasteiger partial charge in [0.25, 0.3) is 0 Å². The van der Waals surface area contributed by atoms with E-state index >= 15 is 0 Å². The molecule has 2 atom stereocenters. The molecule has 2 nitrogen and oxygen atoms in total. The van der Waals surface area contributed by atoms with Crippen LogP contribution in [-0.2, 0) is 0 Å². The van der Waals surface area contributed by atoms with E-state index in [-0.39, 0.29) is 5.54 Å².